The summed E-state index contributed by atoms with van der Waals surface area (Å²) in [6.07, 6.45) is 0. The van der Waals surface area contributed by atoms with Crippen molar-refractivity contribution in [3.8, 4) is 5.75 Å². The van der Waals surface area contributed by atoms with E-state index < -0.39 is 0 Å². The summed E-state index contributed by atoms with van der Waals surface area (Å²) >= 11 is 0. The van der Waals surface area contributed by atoms with E-state index in [1.54, 1.807) is 0 Å². The van der Waals surface area contributed by atoms with Gasteiger partial charge in [-0.25, -0.2) is 0 Å². The number of hydrogen-bond acceptors (Lipinski definition) is 3. The van der Waals surface area contributed by atoms with E-state index >= 15 is 0 Å². The maximum atomic E-state index is 5.96. The number of hydrogen-bond donors (Lipinski definition) is 1. The monoisotopic (exact) mass is 220 g/mol. The number of rotatable bonds is 1. The summed E-state index contributed by atoms with van der Waals surface area (Å²) in [5.41, 5.74) is 7.57. The van der Waals surface area contributed by atoms with Crippen LogP contribution in [0.5, 0.6) is 5.75 Å². The molecule has 2 N–H and O–H groups in total. The van der Waals surface area contributed by atoms with Crippen molar-refractivity contribution < 1.29 is 4.74 Å². The molecule has 2 rings (SSSR count). The lowest BCUT2D eigenvalue weighted by molar-refractivity contribution is 0.103. The summed E-state index contributed by atoms with van der Waals surface area (Å²) in [6.45, 7) is 9.49. The topological polar surface area (TPSA) is 38.5 Å². The second kappa shape index (κ2) is 3.58. The second-order valence-corrected chi connectivity index (χ2v) is 5.31. The fourth-order valence-electron chi connectivity index (χ4n) is 2.13. The van der Waals surface area contributed by atoms with Gasteiger partial charge >= 0.3 is 0 Å². The van der Waals surface area contributed by atoms with Gasteiger partial charge < -0.3 is 15.4 Å². The molecular formula is C13H20N2O. The first kappa shape index (κ1) is 11.1. The van der Waals surface area contributed by atoms with Crippen LogP contribution in [0.3, 0.4) is 0 Å². The standard InChI is InChI=1S/C13H20N2O/c1-9(2)15-8-13(3,4)16-12-6-5-10(14)7-11(12)15/h5-7,9H,8,14H2,1-4H3. The average Bonchev–Trinajstić information content (AvgIpc) is 2.16. The zero-order chi connectivity index (χ0) is 11.9. The van der Waals surface area contributed by atoms with Crippen LogP contribution in [0.25, 0.3) is 0 Å². The lowest BCUT2D eigenvalue weighted by atomic mass is 10.0. The van der Waals surface area contributed by atoms with Crippen LogP contribution in [0.15, 0.2) is 18.2 Å². The van der Waals surface area contributed by atoms with Gasteiger partial charge in [-0.15, -0.1) is 0 Å². The highest BCUT2D eigenvalue weighted by molar-refractivity contribution is 5.67. The van der Waals surface area contributed by atoms with Crippen LogP contribution < -0.4 is 15.4 Å². The van der Waals surface area contributed by atoms with Crippen LogP contribution in [0.1, 0.15) is 27.7 Å². The minimum absolute atomic E-state index is 0.145. The highest BCUT2D eigenvalue weighted by Crippen LogP contribution is 2.39. The highest BCUT2D eigenvalue weighted by Gasteiger charge is 2.32. The Balaban J connectivity index is 2.47. The Morgan fingerprint density at radius 3 is 2.69 bits per heavy atom. The van der Waals surface area contributed by atoms with E-state index in [1.807, 2.05) is 18.2 Å². The number of nitrogen functional groups attached to an aromatic ring is 1. The van der Waals surface area contributed by atoms with Crippen LogP contribution in [-0.2, 0) is 0 Å². The molecule has 88 valence electrons. The first-order chi connectivity index (χ1) is 7.39. The Kier molecular flexibility index (Phi) is 2.49. The lowest BCUT2D eigenvalue weighted by Crippen LogP contribution is -2.49. The molecule has 0 aliphatic carbocycles. The van der Waals surface area contributed by atoms with Crippen molar-refractivity contribution in [3.63, 3.8) is 0 Å². The Bertz CT molecular complexity index is 399. The number of nitrogens with zero attached hydrogens (tertiary/aromatic N) is 1. The SMILES string of the molecule is CC(C)N1CC(C)(C)Oc2ccc(N)cc21. The number of benzene rings is 1. The molecule has 1 aromatic carbocycles. The van der Waals surface area contributed by atoms with Gasteiger partial charge in [0.1, 0.15) is 11.4 Å². The molecule has 3 nitrogen and oxygen atoms in total. The summed E-state index contributed by atoms with van der Waals surface area (Å²) in [6, 6.07) is 6.29. The fraction of sp³-hybridized carbons (Fsp3) is 0.538. The molecular weight excluding hydrogens is 200 g/mol. The summed E-state index contributed by atoms with van der Waals surface area (Å²) < 4.78 is 5.96. The smallest absolute Gasteiger partial charge is 0.143 e. The predicted molar refractivity (Wildman–Crippen MR) is 68.0 cm³/mol. The molecule has 3 heteroatoms. The van der Waals surface area contributed by atoms with Crippen molar-refractivity contribution in [1.29, 1.82) is 0 Å². The summed E-state index contributed by atoms with van der Waals surface area (Å²) in [5.74, 6) is 0.930. The molecule has 0 aromatic heterocycles. The fourth-order valence-corrected chi connectivity index (χ4v) is 2.13. The van der Waals surface area contributed by atoms with Crippen LogP contribution in [0, 0.1) is 0 Å². The minimum atomic E-state index is -0.145. The molecule has 0 radical (unpaired) electrons. The van der Waals surface area contributed by atoms with Gasteiger partial charge in [-0.3, -0.25) is 0 Å². The quantitative estimate of drug-likeness (QED) is 0.739. The third-order valence-corrected chi connectivity index (χ3v) is 2.85. The summed E-state index contributed by atoms with van der Waals surface area (Å²) in [4.78, 5) is 2.34. The molecule has 1 aromatic rings. The lowest BCUT2D eigenvalue weighted by Gasteiger charge is -2.43. The van der Waals surface area contributed by atoms with E-state index in [0.29, 0.717) is 6.04 Å². The van der Waals surface area contributed by atoms with Gasteiger partial charge in [-0.2, -0.15) is 0 Å². The third kappa shape index (κ3) is 1.94. The van der Waals surface area contributed by atoms with Gasteiger partial charge in [-0.1, -0.05) is 0 Å². The van der Waals surface area contributed by atoms with Gasteiger partial charge in [0.05, 0.1) is 12.2 Å². The van der Waals surface area contributed by atoms with Crippen molar-refractivity contribution in [1.82, 2.24) is 0 Å². The Labute approximate surface area is 97.2 Å². The second-order valence-electron chi connectivity index (χ2n) is 5.31. The van der Waals surface area contributed by atoms with E-state index in [2.05, 4.69) is 32.6 Å². The number of nitrogens with two attached hydrogens (primary N) is 1. The normalized spacial score (nSPS) is 18.2. The number of anilines is 2. The first-order valence-electron chi connectivity index (χ1n) is 5.74. The largest absolute Gasteiger partial charge is 0.484 e. The zero-order valence-corrected chi connectivity index (χ0v) is 10.4. The molecule has 0 atom stereocenters. The van der Waals surface area contributed by atoms with Crippen molar-refractivity contribution in [2.24, 2.45) is 0 Å². The Morgan fingerprint density at radius 2 is 2.06 bits per heavy atom. The van der Waals surface area contributed by atoms with E-state index in [9.17, 15) is 0 Å². The van der Waals surface area contributed by atoms with Gasteiger partial charge in [0.25, 0.3) is 0 Å². The molecule has 0 saturated heterocycles. The highest BCUT2D eigenvalue weighted by atomic mass is 16.5. The van der Waals surface area contributed by atoms with Crippen LogP contribution in [-0.4, -0.2) is 18.2 Å². The van der Waals surface area contributed by atoms with Crippen molar-refractivity contribution in [2.45, 2.75) is 39.3 Å². The molecule has 16 heavy (non-hydrogen) atoms. The van der Waals surface area contributed by atoms with Gasteiger partial charge in [-0.05, 0) is 45.9 Å². The van der Waals surface area contributed by atoms with Crippen molar-refractivity contribution >= 4 is 11.4 Å². The average molecular weight is 220 g/mol. The van der Waals surface area contributed by atoms with E-state index in [1.165, 1.54) is 0 Å². The molecule has 1 heterocycles. The molecule has 0 saturated carbocycles. The molecule has 0 spiro atoms. The summed E-state index contributed by atoms with van der Waals surface area (Å²) in [7, 11) is 0. The van der Waals surface area contributed by atoms with Crippen LogP contribution in [0.2, 0.25) is 0 Å². The van der Waals surface area contributed by atoms with Crippen LogP contribution >= 0.6 is 0 Å². The predicted octanol–water partition coefficient (Wildman–Crippen LogP) is 2.65. The molecule has 0 unspecified atom stereocenters. The maximum absolute atomic E-state index is 5.96. The molecule has 0 bridgehead atoms. The maximum Gasteiger partial charge on any atom is 0.143 e. The molecule has 0 amide bonds. The van der Waals surface area contributed by atoms with E-state index in [-0.39, 0.29) is 5.60 Å². The first-order valence-corrected chi connectivity index (χ1v) is 5.74. The van der Waals surface area contributed by atoms with Crippen LogP contribution in [0.4, 0.5) is 11.4 Å². The van der Waals surface area contributed by atoms with Gasteiger partial charge in [0.15, 0.2) is 0 Å². The Morgan fingerprint density at radius 1 is 1.38 bits per heavy atom. The number of ether oxygens (including phenoxy) is 1. The molecule has 1 aliphatic rings. The Hall–Kier alpha value is -1.38. The van der Waals surface area contributed by atoms with E-state index in [4.69, 9.17) is 10.5 Å². The summed E-state index contributed by atoms with van der Waals surface area (Å²) in [5, 5.41) is 0. The van der Waals surface area contributed by atoms with E-state index in [0.717, 1.165) is 23.7 Å². The third-order valence-electron chi connectivity index (χ3n) is 2.85. The zero-order valence-electron chi connectivity index (χ0n) is 10.4. The molecule has 0 fully saturated rings. The van der Waals surface area contributed by atoms with Gasteiger partial charge in [0, 0.05) is 11.7 Å². The minimum Gasteiger partial charge on any atom is -0.484 e. The van der Waals surface area contributed by atoms with Crippen molar-refractivity contribution in [3.05, 3.63) is 18.2 Å². The van der Waals surface area contributed by atoms with Crippen molar-refractivity contribution in [2.75, 3.05) is 17.2 Å². The number of fused-ring (bicyclic) bond motifs is 1. The molecule has 1 aliphatic heterocycles. The van der Waals surface area contributed by atoms with Gasteiger partial charge in [0.2, 0.25) is 0 Å².